The van der Waals surface area contributed by atoms with Gasteiger partial charge in [-0.2, -0.15) is 0 Å². The van der Waals surface area contributed by atoms with Crippen molar-refractivity contribution in [1.29, 1.82) is 0 Å². The fraction of sp³-hybridized carbons (Fsp3) is 0.294. The second-order valence-electron chi connectivity index (χ2n) is 5.07. The van der Waals surface area contributed by atoms with Gasteiger partial charge >= 0.3 is 0 Å². The minimum Gasteiger partial charge on any atom is -0.310 e. The van der Waals surface area contributed by atoms with Gasteiger partial charge in [-0.15, -0.1) is 0 Å². The fourth-order valence-corrected chi connectivity index (χ4v) is 3.01. The summed E-state index contributed by atoms with van der Waals surface area (Å²) in [6.45, 7) is 5.08. The standard InChI is InChI=1S/C17H18Br2FN/c1-3-21-17(13-5-6-14(18)11(2)8-13)10-12-4-7-16(20)15(19)9-12/h4-9,17,21H,3,10H2,1-2H3. The number of benzene rings is 2. The molecule has 0 amide bonds. The zero-order chi connectivity index (χ0) is 15.4. The van der Waals surface area contributed by atoms with Gasteiger partial charge in [0.25, 0.3) is 0 Å². The van der Waals surface area contributed by atoms with Gasteiger partial charge in [0.1, 0.15) is 5.82 Å². The Morgan fingerprint density at radius 3 is 2.48 bits per heavy atom. The molecule has 4 heteroatoms. The van der Waals surface area contributed by atoms with Crippen LogP contribution in [0.5, 0.6) is 0 Å². The highest BCUT2D eigenvalue weighted by molar-refractivity contribution is 9.10. The molecule has 0 aromatic heterocycles. The van der Waals surface area contributed by atoms with Crippen LogP contribution in [-0.2, 0) is 6.42 Å². The van der Waals surface area contributed by atoms with E-state index in [-0.39, 0.29) is 11.9 Å². The monoisotopic (exact) mass is 413 g/mol. The first kappa shape index (κ1) is 16.7. The summed E-state index contributed by atoms with van der Waals surface area (Å²) >= 11 is 6.78. The van der Waals surface area contributed by atoms with E-state index in [2.05, 4.69) is 69.2 Å². The molecule has 0 aliphatic carbocycles. The summed E-state index contributed by atoms with van der Waals surface area (Å²) in [5, 5.41) is 3.50. The molecular weight excluding hydrogens is 397 g/mol. The molecule has 0 spiro atoms. The zero-order valence-electron chi connectivity index (χ0n) is 12.1. The molecule has 2 rings (SSSR count). The predicted octanol–water partition coefficient (Wildman–Crippen LogP) is 5.55. The second kappa shape index (κ2) is 7.52. The second-order valence-corrected chi connectivity index (χ2v) is 6.78. The van der Waals surface area contributed by atoms with Crippen molar-refractivity contribution in [2.24, 2.45) is 0 Å². The summed E-state index contributed by atoms with van der Waals surface area (Å²) in [5.41, 5.74) is 3.57. The van der Waals surface area contributed by atoms with Crippen LogP contribution in [0.2, 0.25) is 0 Å². The Labute approximate surface area is 142 Å². The van der Waals surface area contributed by atoms with E-state index in [1.807, 2.05) is 12.1 Å². The van der Waals surface area contributed by atoms with Crippen LogP contribution in [0.4, 0.5) is 4.39 Å². The van der Waals surface area contributed by atoms with E-state index in [4.69, 9.17) is 0 Å². The van der Waals surface area contributed by atoms with Crippen LogP contribution in [0.25, 0.3) is 0 Å². The highest BCUT2D eigenvalue weighted by Crippen LogP contribution is 2.25. The molecule has 0 radical (unpaired) electrons. The maximum absolute atomic E-state index is 13.3. The highest BCUT2D eigenvalue weighted by atomic mass is 79.9. The maximum Gasteiger partial charge on any atom is 0.137 e. The normalized spacial score (nSPS) is 12.4. The summed E-state index contributed by atoms with van der Waals surface area (Å²) in [7, 11) is 0. The molecule has 0 saturated heterocycles. The van der Waals surface area contributed by atoms with Crippen LogP contribution in [0, 0.1) is 12.7 Å². The first-order chi connectivity index (χ1) is 10.0. The minimum atomic E-state index is -0.224. The molecule has 1 nitrogen and oxygen atoms in total. The number of halogens is 3. The van der Waals surface area contributed by atoms with Gasteiger partial charge in [-0.3, -0.25) is 0 Å². The molecule has 0 saturated carbocycles. The lowest BCUT2D eigenvalue weighted by Gasteiger charge is -2.19. The van der Waals surface area contributed by atoms with E-state index in [0.717, 1.165) is 23.0 Å². The molecule has 0 aliphatic rings. The molecule has 0 heterocycles. The molecule has 2 aromatic rings. The minimum absolute atomic E-state index is 0.221. The van der Waals surface area contributed by atoms with Crippen molar-refractivity contribution in [3.63, 3.8) is 0 Å². The predicted molar refractivity (Wildman–Crippen MR) is 93.1 cm³/mol. The molecule has 0 fully saturated rings. The average molecular weight is 415 g/mol. The van der Waals surface area contributed by atoms with Crippen LogP contribution in [0.3, 0.4) is 0 Å². The quantitative estimate of drug-likeness (QED) is 0.675. The van der Waals surface area contributed by atoms with Gasteiger partial charge in [0.2, 0.25) is 0 Å². The van der Waals surface area contributed by atoms with Crippen LogP contribution in [0.1, 0.15) is 29.7 Å². The number of rotatable bonds is 5. The van der Waals surface area contributed by atoms with E-state index in [1.54, 1.807) is 0 Å². The number of nitrogens with one attached hydrogen (secondary N) is 1. The summed E-state index contributed by atoms with van der Waals surface area (Å²) < 4.78 is 15.0. The van der Waals surface area contributed by atoms with Crippen LogP contribution < -0.4 is 5.32 Å². The largest absolute Gasteiger partial charge is 0.310 e. The van der Waals surface area contributed by atoms with E-state index in [9.17, 15) is 4.39 Å². The van der Waals surface area contributed by atoms with Crippen molar-refractivity contribution < 1.29 is 4.39 Å². The van der Waals surface area contributed by atoms with Crippen molar-refractivity contribution in [2.45, 2.75) is 26.3 Å². The molecule has 0 bridgehead atoms. The fourth-order valence-electron chi connectivity index (χ4n) is 2.34. The topological polar surface area (TPSA) is 12.0 Å². The van der Waals surface area contributed by atoms with Gasteiger partial charge in [0, 0.05) is 10.5 Å². The van der Waals surface area contributed by atoms with E-state index < -0.39 is 0 Å². The molecule has 21 heavy (non-hydrogen) atoms. The summed E-state index contributed by atoms with van der Waals surface area (Å²) in [6.07, 6.45) is 0.827. The Bertz CT molecular complexity index is 628. The van der Waals surface area contributed by atoms with Crippen LogP contribution in [-0.4, -0.2) is 6.54 Å². The van der Waals surface area contributed by atoms with Gasteiger partial charge in [-0.05, 0) is 70.7 Å². The number of likely N-dealkylation sites (N-methyl/N-ethyl adjacent to an activating group) is 1. The Hall–Kier alpha value is -0.710. The lowest BCUT2D eigenvalue weighted by molar-refractivity contribution is 0.548. The van der Waals surface area contributed by atoms with Gasteiger partial charge in [0.15, 0.2) is 0 Å². The zero-order valence-corrected chi connectivity index (χ0v) is 15.3. The molecular formula is C17H18Br2FN. The van der Waals surface area contributed by atoms with Gasteiger partial charge in [-0.25, -0.2) is 4.39 Å². The molecule has 0 aliphatic heterocycles. The average Bonchev–Trinajstić information content (AvgIpc) is 2.45. The first-order valence-corrected chi connectivity index (χ1v) is 8.53. The third-order valence-electron chi connectivity index (χ3n) is 3.46. The Morgan fingerprint density at radius 1 is 1.10 bits per heavy atom. The Morgan fingerprint density at radius 2 is 1.86 bits per heavy atom. The van der Waals surface area contributed by atoms with Crippen molar-refractivity contribution in [3.8, 4) is 0 Å². The first-order valence-electron chi connectivity index (χ1n) is 6.94. The maximum atomic E-state index is 13.3. The third kappa shape index (κ3) is 4.38. The van der Waals surface area contributed by atoms with Gasteiger partial charge in [0.05, 0.1) is 4.47 Å². The van der Waals surface area contributed by atoms with Crippen molar-refractivity contribution in [2.75, 3.05) is 6.54 Å². The molecule has 1 unspecified atom stereocenters. The van der Waals surface area contributed by atoms with E-state index in [0.29, 0.717) is 4.47 Å². The van der Waals surface area contributed by atoms with Crippen molar-refractivity contribution in [1.82, 2.24) is 5.32 Å². The van der Waals surface area contributed by atoms with Gasteiger partial charge < -0.3 is 5.32 Å². The van der Waals surface area contributed by atoms with Gasteiger partial charge in [-0.1, -0.05) is 41.1 Å². The Balaban J connectivity index is 2.25. The smallest absolute Gasteiger partial charge is 0.137 e. The summed E-state index contributed by atoms with van der Waals surface area (Å²) in [4.78, 5) is 0. The van der Waals surface area contributed by atoms with Crippen LogP contribution >= 0.6 is 31.9 Å². The molecule has 112 valence electrons. The third-order valence-corrected chi connectivity index (χ3v) is 4.96. The number of hydrogen-bond donors (Lipinski definition) is 1. The lowest BCUT2D eigenvalue weighted by Crippen LogP contribution is -2.23. The molecule has 2 aromatic carbocycles. The summed E-state index contributed by atoms with van der Waals surface area (Å²) in [5.74, 6) is -0.224. The number of aryl methyl sites for hydroxylation is 1. The SMILES string of the molecule is CCNC(Cc1ccc(F)c(Br)c1)c1ccc(Br)c(C)c1. The van der Waals surface area contributed by atoms with Crippen molar-refractivity contribution in [3.05, 3.63) is 67.9 Å². The summed E-state index contributed by atoms with van der Waals surface area (Å²) in [6, 6.07) is 11.8. The molecule has 1 atom stereocenters. The lowest BCUT2D eigenvalue weighted by atomic mass is 9.97. The Kier molecular flexibility index (Phi) is 5.97. The highest BCUT2D eigenvalue weighted by Gasteiger charge is 2.13. The van der Waals surface area contributed by atoms with E-state index >= 15 is 0 Å². The number of hydrogen-bond acceptors (Lipinski definition) is 1. The van der Waals surface area contributed by atoms with Crippen LogP contribution in [0.15, 0.2) is 45.3 Å². The van der Waals surface area contributed by atoms with Crippen molar-refractivity contribution >= 4 is 31.9 Å². The van der Waals surface area contributed by atoms with E-state index in [1.165, 1.54) is 17.2 Å². The molecule has 1 N–H and O–H groups in total.